The van der Waals surface area contributed by atoms with Crippen molar-refractivity contribution in [3.8, 4) is 0 Å². The maximum absolute atomic E-state index is 12.6. The third-order valence-electron chi connectivity index (χ3n) is 6.31. The Morgan fingerprint density at radius 1 is 0.833 bits per heavy atom. The van der Waals surface area contributed by atoms with Crippen LogP contribution in [0.25, 0.3) is 0 Å². The Bertz CT molecular complexity index is 898. The summed E-state index contributed by atoms with van der Waals surface area (Å²) in [6.07, 6.45) is 0.874. The van der Waals surface area contributed by atoms with Gasteiger partial charge < -0.3 is 4.79 Å². The first-order valence-electron chi connectivity index (χ1n) is 8.08. The second kappa shape index (κ2) is 4.01. The van der Waals surface area contributed by atoms with E-state index in [4.69, 9.17) is 0 Å². The van der Waals surface area contributed by atoms with Gasteiger partial charge in [0.2, 0.25) is 11.8 Å². The third kappa shape index (κ3) is 1.16. The molecule has 118 valence electrons. The van der Waals surface area contributed by atoms with Crippen LogP contribution >= 0.6 is 0 Å². The topological polar surface area (TPSA) is 63.2 Å². The zero-order valence-electron chi connectivity index (χ0n) is 13.1. The molecular weight excluding hydrogens is 302 g/mol. The van der Waals surface area contributed by atoms with Crippen molar-refractivity contribution in [1.82, 2.24) is 5.32 Å². The van der Waals surface area contributed by atoms with Crippen molar-refractivity contribution in [2.24, 2.45) is 11.8 Å². The lowest BCUT2D eigenvalue weighted by atomic mass is 9.42. The molecule has 4 nitrogen and oxygen atoms in total. The van der Waals surface area contributed by atoms with Crippen LogP contribution < -0.4 is 5.32 Å². The Balaban J connectivity index is 2.02. The number of rotatable bonds is 1. The van der Waals surface area contributed by atoms with Crippen molar-refractivity contribution < 1.29 is 14.4 Å². The van der Waals surface area contributed by atoms with Crippen LogP contribution in [-0.2, 0) is 25.2 Å². The molecule has 24 heavy (non-hydrogen) atoms. The van der Waals surface area contributed by atoms with Gasteiger partial charge in [0.15, 0.2) is 0 Å². The molecule has 0 unspecified atom stereocenters. The van der Waals surface area contributed by atoms with E-state index in [1.54, 1.807) is 0 Å². The largest absolute Gasteiger partial charge is 0.302 e. The van der Waals surface area contributed by atoms with Crippen LogP contribution in [0.4, 0.5) is 0 Å². The quantitative estimate of drug-likeness (QED) is 0.643. The number of carbonyl (C=O) groups excluding carboxylic acids is 3. The molecule has 1 fully saturated rings. The molecule has 0 radical (unpaired) electrons. The highest BCUT2D eigenvalue weighted by Gasteiger charge is 2.70. The average Bonchev–Trinajstić information content (AvgIpc) is 2.92. The second-order valence-electron chi connectivity index (χ2n) is 7.09. The first-order valence-corrected chi connectivity index (χ1v) is 8.08. The van der Waals surface area contributed by atoms with E-state index in [1.165, 1.54) is 0 Å². The second-order valence-corrected chi connectivity index (χ2v) is 7.09. The first-order chi connectivity index (χ1) is 11.6. The van der Waals surface area contributed by atoms with E-state index in [-0.39, 0.29) is 11.8 Å². The van der Waals surface area contributed by atoms with E-state index in [0.717, 1.165) is 28.5 Å². The molecule has 2 aromatic rings. The number of amides is 2. The minimum Gasteiger partial charge on any atom is -0.302 e. The zero-order valence-corrected chi connectivity index (χ0v) is 13.1. The molecule has 2 amide bonds. The monoisotopic (exact) mass is 317 g/mol. The van der Waals surface area contributed by atoms with Crippen LogP contribution in [0, 0.1) is 11.8 Å². The van der Waals surface area contributed by atoms with E-state index < -0.39 is 22.7 Å². The van der Waals surface area contributed by atoms with Gasteiger partial charge in [-0.25, -0.2) is 0 Å². The van der Waals surface area contributed by atoms with E-state index in [0.29, 0.717) is 0 Å². The summed E-state index contributed by atoms with van der Waals surface area (Å²) in [5.41, 5.74) is 1.95. The lowest BCUT2D eigenvalue weighted by Gasteiger charge is -2.56. The highest BCUT2D eigenvalue weighted by atomic mass is 16.2. The third-order valence-corrected chi connectivity index (χ3v) is 6.31. The summed E-state index contributed by atoms with van der Waals surface area (Å²) in [6, 6.07) is 15.4. The normalized spacial score (nSPS) is 35.0. The number of aldehydes is 1. The maximum Gasteiger partial charge on any atom is 0.232 e. The fourth-order valence-electron chi connectivity index (χ4n) is 5.40. The van der Waals surface area contributed by atoms with Gasteiger partial charge in [-0.05, 0) is 22.3 Å². The molecule has 1 N–H and O–H groups in total. The zero-order chi connectivity index (χ0) is 16.7. The smallest absolute Gasteiger partial charge is 0.232 e. The lowest BCUT2D eigenvalue weighted by molar-refractivity contribution is -0.130. The van der Waals surface area contributed by atoms with Crippen LogP contribution in [-0.4, -0.2) is 18.1 Å². The minimum absolute atomic E-state index is 0.275. The molecule has 1 aliphatic heterocycles. The standard InChI is InChI=1S/C20H15NO3/c1-19-11-6-2-4-8-13(11)20(10-22,14-9-5-3-7-12(14)19)16-15(19)17(23)21-18(16)24/h2-10,15-16H,1H3,(H,21,23,24)/t15-,16-,19?,20?/m1/s1. The van der Waals surface area contributed by atoms with Gasteiger partial charge in [-0.3, -0.25) is 14.9 Å². The number of carbonyl (C=O) groups is 3. The van der Waals surface area contributed by atoms with Crippen LogP contribution in [0.2, 0.25) is 0 Å². The highest BCUT2D eigenvalue weighted by Crippen LogP contribution is 2.64. The van der Waals surface area contributed by atoms with Crippen molar-refractivity contribution in [3.05, 3.63) is 70.8 Å². The van der Waals surface area contributed by atoms with E-state index in [2.05, 4.69) is 5.32 Å². The van der Waals surface area contributed by atoms with Crippen molar-refractivity contribution in [2.45, 2.75) is 17.8 Å². The van der Waals surface area contributed by atoms with Crippen LogP contribution in [0.15, 0.2) is 48.5 Å². The number of nitrogens with one attached hydrogen (secondary N) is 1. The molecule has 3 aliphatic carbocycles. The molecule has 4 heteroatoms. The van der Waals surface area contributed by atoms with Gasteiger partial charge in [0.25, 0.3) is 0 Å². The minimum atomic E-state index is -1.09. The summed E-state index contributed by atoms with van der Waals surface area (Å²) in [7, 11) is 0. The predicted octanol–water partition coefficient (Wildman–Crippen LogP) is 1.69. The Labute approximate surface area is 138 Å². The van der Waals surface area contributed by atoms with Gasteiger partial charge in [-0.15, -0.1) is 0 Å². The summed E-state index contributed by atoms with van der Waals surface area (Å²) in [5.74, 6) is -1.85. The van der Waals surface area contributed by atoms with Gasteiger partial charge >= 0.3 is 0 Å². The van der Waals surface area contributed by atoms with Gasteiger partial charge in [-0.2, -0.15) is 0 Å². The highest BCUT2D eigenvalue weighted by molar-refractivity contribution is 6.11. The summed E-state index contributed by atoms with van der Waals surface area (Å²) in [5, 5.41) is 2.48. The predicted molar refractivity (Wildman–Crippen MR) is 86.3 cm³/mol. The van der Waals surface area contributed by atoms with Gasteiger partial charge in [0.1, 0.15) is 6.29 Å². The molecule has 2 bridgehead atoms. The van der Waals surface area contributed by atoms with Crippen molar-refractivity contribution in [2.75, 3.05) is 0 Å². The Hall–Kier alpha value is -2.75. The molecule has 2 atom stereocenters. The molecule has 0 saturated carbocycles. The molecule has 0 aromatic heterocycles. The lowest BCUT2D eigenvalue weighted by Crippen LogP contribution is -2.61. The summed E-state index contributed by atoms with van der Waals surface area (Å²) >= 11 is 0. The van der Waals surface area contributed by atoms with Gasteiger partial charge in [0.05, 0.1) is 17.3 Å². The summed E-state index contributed by atoms with van der Waals surface area (Å²) < 4.78 is 0. The summed E-state index contributed by atoms with van der Waals surface area (Å²) in [6.45, 7) is 2.02. The molecule has 0 spiro atoms. The number of imide groups is 1. The Kier molecular flexibility index (Phi) is 2.28. The fourth-order valence-corrected chi connectivity index (χ4v) is 5.40. The molecule has 2 aromatic carbocycles. The van der Waals surface area contributed by atoms with Crippen molar-refractivity contribution in [1.29, 1.82) is 0 Å². The van der Waals surface area contributed by atoms with Crippen molar-refractivity contribution >= 4 is 18.1 Å². The molecule has 6 rings (SSSR count). The molecule has 1 saturated heterocycles. The van der Waals surface area contributed by atoms with Crippen molar-refractivity contribution in [3.63, 3.8) is 0 Å². The first kappa shape index (κ1) is 13.7. The molecule has 1 heterocycles. The van der Waals surface area contributed by atoms with E-state index in [9.17, 15) is 14.4 Å². The number of hydrogen-bond acceptors (Lipinski definition) is 3. The molecule has 4 aliphatic rings. The van der Waals surface area contributed by atoms with E-state index in [1.807, 2.05) is 55.5 Å². The average molecular weight is 317 g/mol. The number of hydrogen-bond donors (Lipinski definition) is 1. The summed E-state index contributed by atoms with van der Waals surface area (Å²) in [4.78, 5) is 37.8. The SMILES string of the molecule is CC12c3ccccc3C(C=O)(c3ccccc31)[C@H]1C(=O)NC(=O)[C@@H]12. The van der Waals surface area contributed by atoms with Gasteiger partial charge in [-0.1, -0.05) is 55.5 Å². The molecular formula is C20H15NO3. The Morgan fingerprint density at radius 2 is 1.29 bits per heavy atom. The van der Waals surface area contributed by atoms with Crippen LogP contribution in [0.1, 0.15) is 29.2 Å². The number of benzene rings is 2. The van der Waals surface area contributed by atoms with E-state index >= 15 is 0 Å². The Morgan fingerprint density at radius 3 is 1.79 bits per heavy atom. The van der Waals surface area contributed by atoms with Crippen LogP contribution in [0.5, 0.6) is 0 Å². The maximum atomic E-state index is 12.6. The fraction of sp³-hybridized carbons (Fsp3) is 0.250. The van der Waals surface area contributed by atoms with Gasteiger partial charge in [0, 0.05) is 5.41 Å². The van der Waals surface area contributed by atoms with Crippen LogP contribution in [0.3, 0.4) is 0 Å².